The fraction of sp³-hybridized carbons (Fsp3) is 0.636. The van der Waals surface area contributed by atoms with Crippen LogP contribution in [0.3, 0.4) is 0 Å². The highest BCUT2D eigenvalue weighted by molar-refractivity contribution is 5.83. The van der Waals surface area contributed by atoms with E-state index in [0.29, 0.717) is 5.91 Å². The van der Waals surface area contributed by atoms with Gasteiger partial charge in [-0.05, 0) is 78.8 Å². The summed E-state index contributed by atoms with van der Waals surface area (Å²) in [6.07, 6.45) is 7.56. The first-order valence-electron chi connectivity index (χ1n) is 11.1. The van der Waals surface area contributed by atoms with Gasteiger partial charge in [-0.15, -0.1) is 0 Å². The van der Waals surface area contributed by atoms with E-state index in [-0.39, 0.29) is 5.41 Å². The number of tetrazole rings is 1. The summed E-state index contributed by atoms with van der Waals surface area (Å²) in [4.78, 5) is 17.9. The van der Waals surface area contributed by atoms with Crippen molar-refractivity contribution in [3.05, 3.63) is 30.3 Å². The second kappa shape index (κ2) is 6.54. The number of nitrogens with zero attached hydrogens (tertiary/aromatic N) is 6. The van der Waals surface area contributed by atoms with Crippen LogP contribution in [-0.2, 0) is 4.79 Å². The predicted octanol–water partition coefficient (Wildman–Crippen LogP) is 2.53. The van der Waals surface area contributed by atoms with Gasteiger partial charge in [0.1, 0.15) is 0 Å². The molecule has 2 aromatic rings. The van der Waals surface area contributed by atoms with Crippen LogP contribution in [0, 0.1) is 23.2 Å². The summed E-state index contributed by atoms with van der Waals surface area (Å²) in [6, 6.07) is 9.98. The zero-order chi connectivity index (χ0) is 19.4. The Morgan fingerprint density at radius 2 is 1.52 bits per heavy atom. The minimum atomic E-state index is -0.0391. The van der Waals surface area contributed by atoms with E-state index in [9.17, 15) is 4.79 Å². The van der Waals surface area contributed by atoms with Crippen LogP contribution in [-0.4, -0.2) is 57.2 Å². The number of carbonyl (C=O) groups excluding carboxylic acids is 1. The molecule has 1 saturated heterocycles. The summed E-state index contributed by atoms with van der Waals surface area (Å²) < 4.78 is 1.79. The third kappa shape index (κ3) is 2.85. The Kier molecular flexibility index (Phi) is 3.93. The van der Waals surface area contributed by atoms with E-state index in [1.807, 2.05) is 30.3 Å². The van der Waals surface area contributed by atoms with E-state index < -0.39 is 0 Å². The molecule has 0 unspecified atom stereocenters. The summed E-state index contributed by atoms with van der Waals surface area (Å²) in [5.74, 6) is 3.63. The summed E-state index contributed by atoms with van der Waals surface area (Å²) in [5, 5.41) is 12.3. The molecule has 0 N–H and O–H groups in total. The molecular weight excluding hydrogens is 364 g/mol. The first-order valence-corrected chi connectivity index (χ1v) is 11.1. The SMILES string of the molecule is O=C(N1CCN(c2nnnn2-c2ccccc2)CC1)C12CC3CC(CC(C3)C1)C2. The smallest absolute Gasteiger partial charge is 0.250 e. The Hall–Kier alpha value is -2.44. The molecule has 4 bridgehead atoms. The minimum absolute atomic E-state index is 0.0391. The highest BCUT2D eigenvalue weighted by atomic mass is 16.2. The number of aromatic nitrogens is 4. The van der Waals surface area contributed by atoms with E-state index in [1.165, 1.54) is 19.3 Å². The Morgan fingerprint density at radius 3 is 2.14 bits per heavy atom. The molecule has 7 heteroatoms. The molecule has 7 rings (SSSR count). The number of para-hydroxylation sites is 1. The number of carbonyl (C=O) groups is 1. The highest BCUT2D eigenvalue weighted by Gasteiger charge is 2.55. The van der Waals surface area contributed by atoms with Gasteiger partial charge in [0.15, 0.2) is 0 Å². The molecule has 4 aliphatic carbocycles. The monoisotopic (exact) mass is 392 g/mol. The van der Waals surface area contributed by atoms with Crippen molar-refractivity contribution in [2.24, 2.45) is 23.2 Å². The van der Waals surface area contributed by atoms with Crippen molar-refractivity contribution in [1.82, 2.24) is 25.1 Å². The fourth-order valence-electron chi connectivity index (χ4n) is 6.93. The highest BCUT2D eigenvalue weighted by Crippen LogP contribution is 2.60. The zero-order valence-corrected chi connectivity index (χ0v) is 16.8. The summed E-state index contributed by atoms with van der Waals surface area (Å²) in [5.41, 5.74) is 0.919. The normalized spacial score (nSPS) is 33.3. The summed E-state index contributed by atoms with van der Waals surface area (Å²) >= 11 is 0. The van der Waals surface area contributed by atoms with Crippen LogP contribution in [0.15, 0.2) is 30.3 Å². The molecule has 0 spiro atoms. The molecule has 1 amide bonds. The number of hydrogen-bond donors (Lipinski definition) is 0. The molecule has 0 atom stereocenters. The summed E-state index contributed by atoms with van der Waals surface area (Å²) in [6.45, 7) is 3.10. The molecule has 4 saturated carbocycles. The largest absolute Gasteiger partial charge is 0.339 e. The molecule has 1 aliphatic heterocycles. The van der Waals surface area contributed by atoms with E-state index in [1.54, 1.807) is 4.68 Å². The fourth-order valence-corrected chi connectivity index (χ4v) is 6.93. The van der Waals surface area contributed by atoms with Crippen LogP contribution in [0.5, 0.6) is 0 Å². The number of benzene rings is 1. The molecule has 1 aromatic heterocycles. The average molecular weight is 393 g/mol. The predicted molar refractivity (Wildman–Crippen MR) is 109 cm³/mol. The van der Waals surface area contributed by atoms with Gasteiger partial charge in [0, 0.05) is 26.2 Å². The van der Waals surface area contributed by atoms with Gasteiger partial charge in [-0.25, -0.2) is 0 Å². The van der Waals surface area contributed by atoms with Gasteiger partial charge in [-0.2, -0.15) is 4.68 Å². The van der Waals surface area contributed by atoms with Gasteiger partial charge >= 0.3 is 0 Å². The molecule has 29 heavy (non-hydrogen) atoms. The second-order valence-electron chi connectivity index (χ2n) is 9.70. The second-order valence-corrected chi connectivity index (χ2v) is 9.70. The molecular formula is C22H28N6O. The third-order valence-corrected chi connectivity index (χ3v) is 7.80. The third-order valence-electron chi connectivity index (χ3n) is 7.80. The Labute approximate surface area is 171 Å². The number of anilines is 1. The van der Waals surface area contributed by atoms with Gasteiger partial charge in [0.2, 0.25) is 11.9 Å². The lowest BCUT2D eigenvalue weighted by molar-refractivity contribution is -0.158. The Morgan fingerprint density at radius 1 is 0.897 bits per heavy atom. The molecule has 5 fully saturated rings. The van der Waals surface area contributed by atoms with Crippen LogP contribution in [0.25, 0.3) is 5.69 Å². The Bertz CT molecular complexity index is 866. The van der Waals surface area contributed by atoms with E-state index in [2.05, 4.69) is 25.3 Å². The lowest BCUT2D eigenvalue weighted by Crippen LogP contribution is -2.58. The van der Waals surface area contributed by atoms with E-state index in [4.69, 9.17) is 0 Å². The Balaban J connectivity index is 1.16. The van der Waals surface area contributed by atoms with E-state index >= 15 is 0 Å². The van der Waals surface area contributed by atoms with Crippen LogP contribution >= 0.6 is 0 Å². The van der Waals surface area contributed by atoms with Crippen LogP contribution < -0.4 is 4.90 Å². The van der Waals surface area contributed by atoms with Crippen molar-refractivity contribution in [3.8, 4) is 5.69 Å². The van der Waals surface area contributed by atoms with Crippen molar-refractivity contribution >= 4 is 11.9 Å². The van der Waals surface area contributed by atoms with Gasteiger partial charge in [-0.3, -0.25) is 4.79 Å². The number of piperazine rings is 1. The van der Waals surface area contributed by atoms with Crippen molar-refractivity contribution < 1.29 is 4.79 Å². The van der Waals surface area contributed by atoms with Crippen molar-refractivity contribution in [2.45, 2.75) is 38.5 Å². The standard InChI is InChI=1S/C22H28N6O/c29-20(22-13-16-10-17(14-22)12-18(11-16)15-22)26-6-8-27(9-7-26)21-23-24-25-28(21)19-4-2-1-3-5-19/h1-5,16-18H,6-15H2. The van der Waals surface area contributed by atoms with Gasteiger partial charge in [0.25, 0.3) is 0 Å². The zero-order valence-electron chi connectivity index (χ0n) is 16.8. The first-order chi connectivity index (χ1) is 14.2. The lowest BCUT2D eigenvalue weighted by Gasteiger charge is -2.57. The first kappa shape index (κ1) is 17.4. The van der Waals surface area contributed by atoms with Crippen molar-refractivity contribution in [2.75, 3.05) is 31.1 Å². The van der Waals surface area contributed by atoms with E-state index in [0.717, 1.165) is 74.8 Å². The van der Waals surface area contributed by atoms with Crippen molar-refractivity contribution in [3.63, 3.8) is 0 Å². The minimum Gasteiger partial charge on any atom is -0.339 e. The maximum absolute atomic E-state index is 13.6. The summed E-state index contributed by atoms with van der Waals surface area (Å²) in [7, 11) is 0. The maximum atomic E-state index is 13.6. The average Bonchev–Trinajstić information content (AvgIpc) is 3.23. The quantitative estimate of drug-likeness (QED) is 0.803. The number of hydrogen-bond acceptors (Lipinski definition) is 5. The molecule has 1 aromatic carbocycles. The van der Waals surface area contributed by atoms with Crippen LogP contribution in [0.2, 0.25) is 0 Å². The van der Waals surface area contributed by atoms with Crippen molar-refractivity contribution in [1.29, 1.82) is 0 Å². The van der Waals surface area contributed by atoms with Gasteiger partial charge in [0.05, 0.1) is 11.1 Å². The molecule has 2 heterocycles. The maximum Gasteiger partial charge on any atom is 0.250 e. The molecule has 0 radical (unpaired) electrons. The topological polar surface area (TPSA) is 67.2 Å². The number of rotatable bonds is 3. The molecule has 7 nitrogen and oxygen atoms in total. The molecule has 5 aliphatic rings. The van der Waals surface area contributed by atoms with Crippen LogP contribution in [0.1, 0.15) is 38.5 Å². The number of amides is 1. The van der Waals surface area contributed by atoms with Gasteiger partial charge < -0.3 is 9.80 Å². The lowest BCUT2D eigenvalue weighted by atomic mass is 9.49. The molecule has 152 valence electrons. The van der Waals surface area contributed by atoms with Crippen LogP contribution in [0.4, 0.5) is 5.95 Å². The van der Waals surface area contributed by atoms with Gasteiger partial charge in [-0.1, -0.05) is 23.3 Å².